The van der Waals surface area contributed by atoms with Crippen LogP contribution in [0.3, 0.4) is 0 Å². The van der Waals surface area contributed by atoms with E-state index < -0.39 is 5.97 Å². The molecule has 0 radical (unpaired) electrons. The smallest absolute Gasteiger partial charge is 0.343 e. The average Bonchev–Trinajstić information content (AvgIpc) is 2.84. The topological polar surface area (TPSA) is 108 Å². The van der Waals surface area contributed by atoms with Crippen LogP contribution in [-0.2, 0) is 0 Å². The number of ether oxygens (including phenoxy) is 4. The van der Waals surface area contributed by atoms with Crippen molar-refractivity contribution in [3.8, 4) is 23.0 Å². The Hall–Kier alpha value is -4.40. The van der Waals surface area contributed by atoms with Crippen LogP contribution in [0.2, 0.25) is 0 Å². The number of carbonyl (C=O) groups excluding carboxylic acids is 2. The molecule has 0 saturated carbocycles. The summed E-state index contributed by atoms with van der Waals surface area (Å²) in [6, 6.07) is 12.9. The van der Waals surface area contributed by atoms with Crippen molar-refractivity contribution in [2.24, 2.45) is 5.10 Å². The van der Waals surface area contributed by atoms with E-state index in [4.69, 9.17) is 18.9 Å². The molecular weight excluding hydrogens is 414 g/mol. The van der Waals surface area contributed by atoms with Crippen LogP contribution in [0.15, 0.2) is 66.0 Å². The highest BCUT2D eigenvalue weighted by Gasteiger charge is 2.18. The number of rotatable bonds is 8. The van der Waals surface area contributed by atoms with Gasteiger partial charge in [0.15, 0.2) is 11.5 Å². The van der Waals surface area contributed by atoms with E-state index in [0.29, 0.717) is 34.1 Å². The highest BCUT2D eigenvalue weighted by atomic mass is 16.5. The van der Waals surface area contributed by atoms with E-state index in [-0.39, 0.29) is 11.5 Å². The number of esters is 1. The van der Waals surface area contributed by atoms with Gasteiger partial charge in [-0.1, -0.05) is 0 Å². The Labute approximate surface area is 184 Å². The van der Waals surface area contributed by atoms with Crippen molar-refractivity contribution in [2.45, 2.75) is 0 Å². The van der Waals surface area contributed by atoms with Gasteiger partial charge in [0, 0.05) is 12.4 Å². The van der Waals surface area contributed by atoms with Crippen molar-refractivity contribution in [1.29, 1.82) is 0 Å². The van der Waals surface area contributed by atoms with E-state index in [9.17, 15) is 9.59 Å². The van der Waals surface area contributed by atoms with Gasteiger partial charge in [-0.05, 0) is 54.1 Å². The molecular formula is C23H21N3O6. The van der Waals surface area contributed by atoms with E-state index in [1.165, 1.54) is 45.9 Å². The predicted molar refractivity (Wildman–Crippen MR) is 117 cm³/mol. The molecule has 1 aromatic heterocycles. The van der Waals surface area contributed by atoms with E-state index >= 15 is 0 Å². The highest BCUT2D eigenvalue weighted by molar-refractivity contribution is 5.94. The zero-order valence-corrected chi connectivity index (χ0v) is 17.7. The zero-order chi connectivity index (χ0) is 22.9. The molecule has 0 aliphatic heterocycles. The number of hydrogen-bond acceptors (Lipinski definition) is 8. The summed E-state index contributed by atoms with van der Waals surface area (Å²) in [4.78, 5) is 28.4. The molecule has 0 unspecified atom stereocenters. The van der Waals surface area contributed by atoms with Crippen LogP contribution in [-0.4, -0.2) is 44.4 Å². The maximum absolute atomic E-state index is 12.6. The van der Waals surface area contributed by atoms with E-state index in [1.807, 2.05) is 0 Å². The second-order valence-corrected chi connectivity index (χ2v) is 6.31. The molecule has 2 aromatic carbocycles. The van der Waals surface area contributed by atoms with Crippen LogP contribution in [0.1, 0.15) is 26.3 Å². The second-order valence-electron chi connectivity index (χ2n) is 6.31. The van der Waals surface area contributed by atoms with Crippen LogP contribution in [0, 0.1) is 0 Å². The molecule has 9 heteroatoms. The number of nitrogens with zero attached hydrogens (tertiary/aromatic N) is 2. The summed E-state index contributed by atoms with van der Waals surface area (Å²) in [6.45, 7) is 0. The van der Waals surface area contributed by atoms with Gasteiger partial charge in [0.2, 0.25) is 5.75 Å². The van der Waals surface area contributed by atoms with Crippen LogP contribution >= 0.6 is 0 Å². The number of pyridine rings is 1. The predicted octanol–water partition coefficient (Wildman–Crippen LogP) is 3.09. The molecule has 0 atom stereocenters. The third kappa shape index (κ3) is 5.39. The van der Waals surface area contributed by atoms with Crippen molar-refractivity contribution in [3.05, 3.63) is 77.6 Å². The van der Waals surface area contributed by atoms with Gasteiger partial charge >= 0.3 is 5.97 Å². The number of hydrogen-bond donors (Lipinski definition) is 1. The summed E-state index contributed by atoms with van der Waals surface area (Å²) in [5, 5.41) is 3.91. The number of hydrazone groups is 1. The Bertz CT molecular complexity index is 1090. The number of benzene rings is 2. The summed E-state index contributed by atoms with van der Waals surface area (Å²) in [6.07, 6.45) is 4.50. The van der Waals surface area contributed by atoms with Gasteiger partial charge in [-0.25, -0.2) is 10.2 Å². The van der Waals surface area contributed by atoms with Gasteiger partial charge in [0.05, 0.1) is 38.7 Å². The third-order valence-electron chi connectivity index (χ3n) is 4.29. The largest absolute Gasteiger partial charge is 0.493 e. The molecule has 3 rings (SSSR count). The molecule has 3 aromatic rings. The first-order valence-corrected chi connectivity index (χ1v) is 9.41. The molecule has 0 aliphatic carbocycles. The monoisotopic (exact) mass is 435 g/mol. The fourth-order valence-electron chi connectivity index (χ4n) is 2.71. The lowest BCUT2D eigenvalue weighted by Gasteiger charge is -2.13. The summed E-state index contributed by atoms with van der Waals surface area (Å²) < 4.78 is 21.2. The fourth-order valence-corrected chi connectivity index (χ4v) is 2.71. The number of amides is 1. The Morgan fingerprint density at radius 3 is 2.19 bits per heavy atom. The standard InChI is InChI=1S/C23H21N3O6/c1-29-19-11-17(12-20(30-2)21(19)31-3)23(28)32-18-8-6-15(7-9-18)13-25-26-22(27)16-5-4-10-24-14-16/h4-14H,1-3H3,(H,26,27)/b25-13-. The van der Waals surface area contributed by atoms with Crippen molar-refractivity contribution in [2.75, 3.05) is 21.3 Å². The molecule has 1 N–H and O–H groups in total. The molecule has 0 saturated heterocycles. The quantitative estimate of drug-likeness (QED) is 0.251. The molecule has 32 heavy (non-hydrogen) atoms. The number of carbonyl (C=O) groups is 2. The van der Waals surface area contributed by atoms with Crippen molar-refractivity contribution < 1.29 is 28.5 Å². The van der Waals surface area contributed by atoms with Gasteiger partial charge in [0.1, 0.15) is 5.75 Å². The highest BCUT2D eigenvalue weighted by Crippen LogP contribution is 2.38. The molecule has 1 amide bonds. The van der Waals surface area contributed by atoms with E-state index in [1.54, 1.807) is 42.6 Å². The van der Waals surface area contributed by atoms with E-state index in [2.05, 4.69) is 15.5 Å². The first-order valence-electron chi connectivity index (χ1n) is 9.41. The average molecular weight is 435 g/mol. The Morgan fingerprint density at radius 2 is 1.62 bits per heavy atom. The van der Waals surface area contributed by atoms with Crippen molar-refractivity contribution in [1.82, 2.24) is 10.4 Å². The number of aromatic nitrogens is 1. The van der Waals surface area contributed by atoms with Gasteiger partial charge in [-0.3, -0.25) is 9.78 Å². The van der Waals surface area contributed by atoms with Crippen molar-refractivity contribution in [3.63, 3.8) is 0 Å². The lowest BCUT2D eigenvalue weighted by Crippen LogP contribution is -2.17. The minimum Gasteiger partial charge on any atom is -0.493 e. The van der Waals surface area contributed by atoms with Gasteiger partial charge in [0.25, 0.3) is 5.91 Å². The Morgan fingerprint density at radius 1 is 0.938 bits per heavy atom. The summed E-state index contributed by atoms with van der Waals surface area (Å²) >= 11 is 0. The molecule has 0 aliphatic rings. The normalized spacial score (nSPS) is 10.5. The zero-order valence-electron chi connectivity index (χ0n) is 17.7. The number of nitrogens with one attached hydrogen (secondary N) is 1. The van der Waals surface area contributed by atoms with Gasteiger partial charge in [-0.2, -0.15) is 5.10 Å². The van der Waals surface area contributed by atoms with Crippen LogP contribution in [0.4, 0.5) is 0 Å². The van der Waals surface area contributed by atoms with Gasteiger partial charge < -0.3 is 18.9 Å². The SMILES string of the molecule is COc1cc(C(=O)Oc2ccc(/C=N\NC(=O)c3cccnc3)cc2)cc(OC)c1OC. The molecule has 0 fully saturated rings. The first-order chi connectivity index (χ1) is 15.5. The second kappa shape index (κ2) is 10.6. The maximum atomic E-state index is 12.6. The Kier molecular flexibility index (Phi) is 7.37. The van der Waals surface area contributed by atoms with Crippen LogP contribution < -0.4 is 24.4 Å². The minimum absolute atomic E-state index is 0.239. The number of methoxy groups -OCH3 is 3. The van der Waals surface area contributed by atoms with Crippen LogP contribution in [0.25, 0.3) is 0 Å². The fraction of sp³-hybridized carbons (Fsp3) is 0.130. The molecule has 164 valence electrons. The molecule has 9 nitrogen and oxygen atoms in total. The molecule has 0 bridgehead atoms. The lowest BCUT2D eigenvalue weighted by molar-refractivity contribution is 0.0733. The van der Waals surface area contributed by atoms with Gasteiger partial charge in [-0.15, -0.1) is 0 Å². The van der Waals surface area contributed by atoms with Crippen molar-refractivity contribution >= 4 is 18.1 Å². The minimum atomic E-state index is -0.589. The summed E-state index contributed by atoms with van der Waals surface area (Å²) in [5.74, 6) is 0.447. The summed E-state index contributed by atoms with van der Waals surface area (Å²) in [7, 11) is 4.41. The maximum Gasteiger partial charge on any atom is 0.343 e. The van der Waals surface area contributed by atoms with Crippen LogP contribution in [0.5, 0.6) is 23.0 Å². The third-order valence-corrected chi connectivity index (χ3v) is 4.29. The molecule has 0 spiro atoms. The summed E-state index contributed by atoms with van der Waals surface area (Å²) in [5.41, 5.74) is 3.76. The lowest BCUT2D eigenvalue weighted by atomic mass is 10.2. The Balaban J connectivity index is 1.64. The first kappa shape index (κ1) is 22.3. The van der Waals surface area contributed by atoms with E-state index in [0.717, 1.165) is 0 Å². The molecule has 1 heterocycles.